The van der Waals surface area contributed by atoms with Crippen molar-refractivity contribution in [3.63, 3.8) is 0 Å². The number of H-pyrrole nitrogens is 1. The van der Waals surface area contributed by atoms with Gasteiger partial charge in [0, 0.05) is 12.0 Å². The summed E-state index contributed by atoms with van der Waals surface area (Å²) in [4.78, 5) is 12.1. The van der Waals surface area contributed by atoms with Gasteiger partial charge in [-0.05, 0) is 12.1 Å². The molecule has 0 fully saturated rings. The fourth-order valence-corrected chi connectivity index (χ4v) is 2.42. The summed E-state index contributed by atoms with van der Waals surface area (Å²) < 4.78 is 5.24. The Kier molecular flexibility index (Phi) is 3.53. The molecule has 0 spiro atoms. The first kappa shape index (κ1) is 13.5. The van der Waals surface area contributed by atoms with Gasteiger partial charge in [0.15, 0.2) is 11.5 Å². The smallest absolute Gasteiger partial charge is 0.277 e. The second-order valence-corrected chi connectivity index (χ2v) is 5.71. The molecule has 7 nitrogen and oxygen atoms in total. The van der Waals surface area contributed by atoms with Gasteiger partial charge in [-0.1, -0.05) is 25.2 Å². The zero-order valence-corrected chi connectivity index (χ0v) is 12.3. The number of aromatic amines is 1. The number of aromatic nitrogens is 4. The number of hydrogen-bond acceptors (Lipinski definition) is 6. The summed E-state index contributed by atoms with van der Waals surface area (Å²) in [5.74, 6) is 0.569. The van der Waals surface area contributed by atoms with E-state index in [0.29, 0.717) is 16.6 Å². The summed E-state index contributed by atoms with van der Waals surface area (Å²) in [6.07, 6.45) is 1.56. The van der Waals surface area contributed by atoms with E-state index in [-0.39, 0.29) is 17.5 Å². The average Bonchev–Trinajstić information content (AvgIpc) is 3.19. The number of furan rings is 1. The first-order valence-corrected chi connectivity index (χ1v) is 7.19. The summed E-state index contributed by atoms with van der Waals surface area (Å²) in [5.41, 5.74) is 0.910. The number of nitrogens with one attached hydrogen (secondary N) is 2. The van der Waals surface area contributed by atoms with Crippen molar-refractivity contribution in [1.29, 1.82) is 0 Å². The van der Waals surface area contributed by atoms with Gasteiger partial charge < -0.3 is 4.42 Å². The van der Waals surface area contributed by atoms with Crippen LogP contribution in [0, 0.1) is 0 Å². The molecule has 2 N–H and O–H groups in total. The Morgan fingerprint density at radius 2 is 2.29 bits per heavy atom. The van der Waals surface area contributed by atoms with Gasteiger partial charge in [-0.3, -0.25) is 15.2 Å². The first-order chi connectivity index (χ1) is 10.1. The van der Waals surface area contributed by atoms with Crippen molar-refractivity contribution in [1.82, 2.24) is 20.4 Å². The predicted octanol–water partition coefficient (Wildman–Crippen LogP) is 2.90. The van der Waals surface area contributed by atoms with Crippen molar-refractivity contribution >= 4 is 22.4 Å². The molecule has 0 aromatic carbocycles. The van der Waals surface area contributed by atoms with Crippen molar-refractivity contribution in [2.75, 3.05) is 5.32 Å². The summed E-state index contributed by atoms with van der Waals surface area (Å²) in [5, 5.41) is 18.7. The molecule has 21 heavy (non-hydrogen) atoms. The number of nitrogens with zero attached hydrogens (tertiary/aromatic N) is 3. The molecule has 0 saturated carbocycles. The molecule has 0 unspecified atom stereocenters. The maximum absolute atomic E-state index is 12.1. The van der Waals surface area contributed by atoms with Crippen LogP contribution in [0.2, 0.25) is 0 Å². The van der Waals surface area contributed by atoms with E-state index in [1.54, 1.807) is 24.5 Å². The average molecular weight is 303 g/mol. The Balaban J connectivity index is 1.73. The molecule has 3 heterocycles. The summed E-state index contributed by atoms with van der Waals surface area (Å²) in [6, 6.07) is 5.18. The Morgan fingerprint density at radius 3 is 2.95 bits per heavy atom. The van der Waals surface area contributed by atoms with Gasteiger partial charge in [0.25, 0.3) is 5.91 Å². The molecule has 0 saturated heterocycles. The minimum atomic E-state index is -0.337. The summed E-state index contributed by atoms with van der Waals surface area (Å²) in [7, 11) is 0. The van der Waals surface area contributed by atoms with Crippen molar-refractivity contribution in [3.8, 4) is 11.5 Å². The highest BCUT2D eigenvalue weighted by Crippen LogP contribution is 2.23. The van der Waals surface area contributed by atoms with Crippen molar-refractivity contribution < 1.29 is 9.21 Å². The van der Waals surface area contributed by atoms with Crippen molar-refractivity contribution in [2.45, 2.75) is 19.8 Å². The van der Waals surface area contributed by atoms with Crippen LogP contribution in [0.25, 0.3) is 11.5 Å². The standard InChI is InChI=1S/C13H13N5O2S/c1-7(2)12-17-18-13(21-12)14-11(19)9-6-8(15-16-9)10-4-3-5-20-10/h3-7H,1-2H3,(H,15,16)(H,14,18,19). The molecular weight excluding hydrogens is 290 g/mol. The number of amides is 1. The molecule has 3 rings (SSSR count). The maximum atomic E-state index is 12.1. The lowest BCUT2D eigenvalue weighted by atomic mass is 10.2. The lowest BCUT2D eigenvalue weighted by molar-refractivity contribution is 0.102. The third kappa shape index (κ3) is 2.84. The van der Waals surface area contributed by atoms with Gasteiger partial charge in [-0.25, -0.2) is 0 Å². The highest BCUT2D eigenvalue weighted by Gasteiger charge is 2.15. The molecule has 0 aliphatic rings. The van der Waals surface area contributed by atoms with Crippen molar-refractivity contribution in [2.24, 2.45) is 0 Å². The number of rotatable bonds is 4. The van der Waals surface area contributed by atoms with Gasteiger partial charge in [0.05, 0.1) is 6.26 Å². The monoisotopic (exact) mass is 303 g/mol. The van der Waals surface area contributed by atoms with Crippen LogP contribution in [0.3, 0.4) is 0 Å². The van der Waals surface area contributed by atoms with Gasteiger partial charge in [-0.15, -0.1) is 10.2 Å². The molecule has 0 aliphatic carbocycles. The van der Waals surface area contributed by atoms with E-state index >= 15 is 0 Å². The number of hydrogen-bond donors (Lipinski definition) is 2. The van der Waals surface area contributed by atoms with E-state index in [0.717, 1.165) is 5.01 Å². The minimum absolute atomic E-state index is 0.266. The van der Waals surface area contributed by atoms with Crippen LogP contribution in [0.4, 0.5) is 5.13 Å². The van der Waals surface area contributed by atoms with Crippen LogP contribution >= 0.6 is 11.3 Å². The van der Waals surface area contributed by atoms with Gasteiger partial charge in [-0.2, -0.15) is 5.10 Å². The van der Waals surface area contributed by atoms with Crippen LogP contribution in [0.1, 0.15) is 35.3 Å². The maximum Gasteiger partial charge on any atom is 0.277 e. The number of carbonyl (C=O) groups excluding carboxylic acids is 1. The second-order valence-electron chi connectivity index (χ2n) is 4.70. The molecule has 1 amide bonds. The quantitative estimate of drug-likeness (QED) is 0.772. The van der Waals surface area contributed by atoms with Gasteiger partial charge in [0.1, 0.15) is 10.7 Å². The van der Waals surface area contributed by atoms with Crippen LogP contribution in [0.15, 0.2) is 28.9 Å². The topological polar surface area (TPSA) is 96.7 Å². The third-order valence-electron chi connectivity index (χ3n) is 2.75. The summed E-state index contributed by atoms with van der Waals surface area (Å²) >= 11 is 1.36. The van der Waals surface area contributed by atoms with E-state index in [9.17, 15) is 4.79 Å². The molecule has 3 aromatic rings. The molecule has 108 valence electrons. The minimum Gasteiger partial charge on any atom is -0.463 e. The van der Waals surface area contributed by atoms with E-state index < -0.39 is 0 Å². The van der Waals surface area contributed by atoms with Crippen LogP contribution < -0.4 is 5.32 Å². The molecule has 0 atom stereocenters. The number of carbonyl (C=O) groups is 1. The zero-order chi connectivity index (χ0) is 14.8. The van der Waals surface area contributed by atoms with Gasteiger partial charge in [0.2, 0.25) is 5.13 Å². The number of anilines is 1. The molecule has 0 aliphatic heterocycles. The molecule has 3 aromatic heterocycles. The largest absolute Gasteiger partial charge is 0.463 e. The molecule has 0 bridgehead atoms. The lowest BCUT2D eigenvalue weighted by Gasteiger charge is -1.96. The molecule has 0 radical (unpaired) electrons. The normalized spacial score (nSPS) is 11.0. The molecular formula is C13H13N5O2S. The highest BCUT2D eigenvalue weighted by molar-refractivity contribution is 7.15. The first-order valence-electron chi connectivity index (χ1n) is 6.37. The molecule has 8 heteroatoms. The van der Waals surface area contributed by atoms with Crippen LogP contribution in [-0.4, -0.2) is 26.3 Å². The fraction of sp³-hybridized carbons (Fsp3) is 0.231. The Hall–Kier alpha value is -2.48. The van der Waals surface area contributed by atoms with E-state index in [2.05, 4.69) is 25.7 Å². The van der Waals surface area contributed by atoms with Crippen LogP contribution in [-0.2, 0) is 0 Å². The SMILES string of the molecule is CC(C)c1nnc(NC(=O)c2cc(-c3ccco3)[nH]n2)s1. The Morgan fingerprint density at radius 1 is 1.43 bits per heavy atom. The summed E-state index contributed by atoms with van der Waals surface area (Å²) in [6.45, 7) is 4.05. The zero-order valence-electron chi connectivity index (χ0n) is 11.5. The van der Waals surface area contributed by atoms with Gasteiger partial charge >= 0.3 is 0 Å². The van der Waals surface area contributed by atoms with E-state index in [1.165, 1.54) is 11.3 Å². The van der Waals surface area contributed by atoms with E-state index in [1.807, 2.05) is 13.8 Å². The highest BCUT2D eigenvalue weighted by atomic mass is 32.1. The lowest BCUT2D eigenvalue weighted by Crippen LogP contribution is -2.12. The van der Waals surface area contributed by atoms with Crippen molar-refractivity contribution in [3.05, 3.63) is 35.2 Å². The Bertz CT molecular complexity index is 744. The van der Waals surface area contributed by atoms with E-state index in [4.69, 9.17) is 4.42 Å². The fourth-order valence-electron chi connectivity index (χ4n) is 1.68. The van der Waals surface area contributed by atoms with Crippen LogP contribution in [0.5, 0.6) is 0 Å². The Labute approximate surface area is 124 Å². The second kappa shape index (κ2) is 5.49. The predicted molar refractivity (Wildman–Crippen MR) is 78.2 cm³/mol. The third-order valence-corrected chi connectivity index (χ3v) is 3.89.